The normalized spacial score (nSPS) is 16.0. The third kappa shape index (κ3) is 4.15. The first-order chi connectivity index (χ1) is 10.0. The van der Waals surface area contributed by atoms with Crippen LogP contribution in [0.2, 0.25) is 0 Å². The van der Waals surface area contributed by atoms with Crippen LogP contribution in [-0.2, 0) is 9.53 Å². The molecule has 0 bridgehead atoms. The quantitative estimate of drug-likeness (QED) is 0.753. The van der Waals surface area contributed by atoms with Crippen molar-refractivity contribution < 1.29 is 13.9 Å². The van der Waals surface area contributed by atoms with E-state index in [9.17, 15) is 9.18 Å². The predicted octanol–water partition coefficient (Wildman–Crippen LogP) is 1.85. The van der Waals surface area contributed by atoms with Gasteiger partial charge in [0, 0.05) is 25.4 Å². The number of amides is 1. The molecule has 0 aliphatic heterocycles. The van der Waals surface area contributed by atoms with E-state index in [-0.39, 0.29) is 17.6 Å². The van der Waals surface area contributed by atoms with Crippen LogP contribution >= 0.6 is 0 Å². The lowest BCUT2D eigenvalue weighted by Gasteiger charge is -2.28. The average molecular weight is 295 g/mol. The Hall–Kier alpha value is -1.66. The highest BCUT2D eigenvalue weighted by atomic mass is 19.1. The van der Waals surface area contributed by atoms with Gasteiger partial charge in [0.1, 0.15) is 5.82 Å². The molecule has 2 rings (SSSR count). The zero-order valence-electron chi connectivity index (χ0n) is 12.4. The molecule has 5 nitrogen and oxygen atoms in total. The van der Waals surface area contributed by atoms with Gasteiger partial charge in [-0.05, 0) is 38.0 Å². The Morgan fingerprint density at radius 2 is 2.29 bits per heavy atom. The minimum Gasteiger partial charge on any atom is -0.399 e. The highest BCUT2D eigenvalue weighted by molar-refractivity contribution is 5.95. The second-order valence-electron chi connectivity index (χ2n) is 5.37. The first kappa shape index (κ1) is 15.7. The molecule has 1 aromatic carbocycles. The third-order valence-corrected chi connectivity index (χ3v) is 3.69. The molecule has 0 heterocycles. The van der Waals surface area contributed by atoms with E-state index in [0.29, 0.717) is 24.9 Å². The number of rotatable bonds is 7. The molecule has 1 amide bonds. The number of methoxy groups -OCH3 is 1. The summed E-state index contributed by atoms with van der Waals surface area (Å²) in [6, 6.07) is 4.22. The van der Waals surface area contributed by atoms with Crippen LogP contribution in [0.4, 0.5) is 15.8 Å². The van der Waals surface area contributed by atoms with Crippen molar-refractivity contribution in [2.45, 2.75) is 31.8 Å². The highest BCUT2D eigenvalue weighted by Gasteiger charge is 2.34. The Bertz CT molecular complexity index is 506. The van der Waals surface area contributed by atoms with E-state index in [1.807, 2.05) is 6.92 Å². The van der Waals surface area contributed by atoms with Crippen molar-refractivity contribution >= 4 is 17.3 Å². The number of nitrogens with two attached hydrogens (primary N) is 1. The minimum absolute atomic E-state index is 0.120. The number of nitrogens with zero attached hydrogens (tertiary/aromatic N) is 1. The summed E-state index contributed by atoms with van der Waals surface area (Å²) in [5.74, 6) is -0.720. The van der Waals surface area contributed by atoms with Gasteiger partial charge in [-0.2, -0.15) is 0 Å². The maximum Gasteiger partial charge on any atom is 0.241 e. The van der Waals surface area contributed by atoms with E-state index in [1.54, 1.807) is 7.11 Å². The fourth-order valence-electron chi connectivity index (χ4n) is 2.32. The molecule has 116 valence electrons. The Kier molecular flexibility index (Phi) is 5.14. The lowest BCUT2D eigenvalue weighted by atomic mass is 10.2. The van der Waals surface area contributed by atoms with E-state index in [2.05, 4.69) is 10.2 Å². The van der Waals surface area contributed by atoms with Crippen molar-refractivity contribution in [3.05, 3.63) is 24.0 Å². The number of benzene rings is 1. The van der Waals surface area contributed by atoms with E-state index >= 15 is 0 Å². The van der Waals surface area contributed by atoms with Crippen molar-refractivity contribution in [3.8, 4) is 0 Å². The lowest BCUT2D eigenvalue weighted by Crippen LogP contribution is -2.45. The summed E-state index contributed by atoms with van der Waals surface area (Å²) in [5, 5.41) is 2.61. The zero-order chi connectivity index (χ0) is 15.4. The summed E-state index contributed by atoms with van der Waals surface area (Å²) >= 11 is 0. The molecule has 0 spiro atoms. The molecule has 1 saturated carbocycles. The number of hydrogen-bond acceptors (Lipinski definition) is 4. The van der Waals surface area contributed by atoms with Crippen molar-refractivity contribution in [3.63, 3.8) is 0 Å². The summed E-state index contributed by atoms with van der Waals surface area (Å²) in [5.41, 5.74) is 6.15. The van der Waals surface area contributed by atoms with Crippen molar-refractivity contribution in [2.24, 2.45) is 0 Å². The predicted molar refractivity (Wildman–Crippen MR) is 80.5 cm³/mol. The molecular weight excluding hydrogens is 273 g/mol. The lowest BCUT2D eigenvalue weighted by molar-refractivity contribution is -0.121. The van der Waals surface area contributed by atoms with Gasteiger partial charge < -0.3 is 15.8 Å². The largest absolute Gasteiger partial charge is 0.399 e. The van der Waals surface area contributed by atoms with Gasteiger partial charge in [0.15, 0.2) is 0 Å². The van der Waals surface area contributed by atoms with E-state index in [1.165, 1.54) is 18.2 Å². The molecule has 1 atom stereocenters. The van der Waals surface area contributed by atoms with Crippen LogP contribution in [0.15, 0.2) is 18.2 Å². The standard InChI is InChI=1S/C15H22FN3O2/c1-10(19(7-8-21-2)12-4-5-12)15(20)18-14-9-11(17)3-6-13(14)16/h3,6,9-10,12H,4-5,7-8,17H2,1-2H3,(H,18,20). The van der Waals surface area contributed by atoms with E-state index in [4.69, 9.17) is 10.5 Å². The summed E-state index contributed by atoms with van der Waals surface area (Å²) in [6.07, 6.45) is 2.18. The minimum atomic E-state index is -0.486. The first-order valence-electron chi connectivity index (χ1n) is 7.13. The summed E-state index contributed by atoms with van der Waals surface area (Å²) < 4.78 is 18.7. The number of ether oxygens (including phenoxy) is 1. The number of carbonyl (C=O) groups excluding carboxylic acids is 1. The Morgan fingerprint density at radius 1 is 1.57 bits per heavy atom. The maximum atomic E-state index is 13.7. The van der Waals surface area contributed by atoms with Crippen LogP contribution in [0, 0.1) is 5.82 Å². The number of carbonyl (C=O) groups is 1. The molecule has 0 aromatic heterocycles. The topological polar surface area (TPSA) is 67.6 Å². The van der Waals surface area contributed by atoms with E-state index in [0.717, 1.165) is 12.8 Å². The smallest absolute Gasteiger partial charge is 0.241 e. The summed E-state index contributed by atoms with van der Waals surface area (Å²) in [6.45, 7) is 3.09. The summed E-state index contributed by atoms with van der Waals surface area (Å²) in [4.78, 5) is 14.4. The maximum absolute atomic E-state index is 13.7. The monoisotopic (exact) mass is 295 g/mol. The molecule has 0 radical (unpaired) electrons. The second-order valence-corrected chi connectivity index (χ2v) is 5.37. The van der Waals surface area contributed by atoms with Crippen LogP contribution in [0.25, 0.3) is 0 Å². The molecule has 1 aliphatic rings. The van der Waals surface area contributed by atoms with Gasteiger partial charge in [-0.25, -0.2) is 4.39 Å². The molecular formula is C15H22FN3O2. The first-order valence-corrected chi connectivity index (χ1v) is 7.13. The van der Waals surface area contributed by atoms with Crippen LogP contribution < -0.4 is 11.1 Å². The van der Waals surface area contributed by atoms with Gasteiger partial charge in [0.25, 0.3) is 0 Å². The van der Waals surface area contributed by atoms with Gasteiger partial charge in [-0.3, -0.25) is 9.69 Å². The van der Waals surface area contributed by atoms with Crippen molar-refractivity contribution in [1.82, 2.24) is 4.90 Å². The SMILES string of the molecule is COCCN(C1CC1)C(C)C(=O)Nc1cc(N)ccc1F. The molecule has 1 fully saturated rings. The van der Waals surface area contributed by atoms with E-state index < -0.39 is 5.82 Å². The van der Waals surface area contributed by atoms with Crippen LogP contribution in [0.5, 0.6) is 0 Å². The van der Waals surface area contributed by atoms with Gasteiger partial charge in [0.2, 0.25) is 5.91 Å². The third-order valence-electron chi connectivity index (χ3n) is 3.69. The molecule has 0 saturated heterocycles. The number of hydrogen-bond donors (Lipinski definition) is 2. The van der Waals surface area contributed by atoms with Gasteiger partial charge in [-0.1, -0.05) is 0 Å². The number of nitrogens with one attached hydrogen (secondary N) is 1. The van der Waals surface area contributed by atoms with Gasteiger partial charge in [-0.15, -0.1) is 0 Å². The molecule has 1 aliphatic carbocycles. The second kappa shape index (κ2) is 6.87. The fraction of sp³-hybridized carbons (Fsp3) is 0.533. The van der Waals surface area contributed by atoms with Gasteiger partial charge in [0.05, 0.1) is 18.3 Å². The van der Waals surface area contributed by atoms with Crippen LogP contribution in [-0.4, -0.2) is 43.2 Å². The molecule has 1 unspecified atom stereocenters. The van der Waals surface area contributed by atoms with Crippen LogP contribution in [0.3, 0.4) is 0 Å². The van der Waals surface area contributed by atoms with Gasteiger partial charge >= 0.3 is 0 Å². The summed E-state index contributed by atoms with van der Waals surface area (Å²) in [7, 11) is 1.64. The van der Waals surface area contributed by atoms with Crippen LogP contribution in [0.1, 0.15) is 19.8 Å². The zero-order valence-corrected chi connectivity index (χ0v) is 12.4. The Balaban J connectivity index is 2.02. The highest BCUT2D eigenvalue weighted by Crippen LogP contribution is 2.29. The molecule has 1 aromatic rings. The van der Waals surface area contributed by atoms with Crippen molar-refractivity contribution in [2.75, 3.05) is 31.3 Å². The number of nitrogen functional groups attached to an aromatic ring is 1. The number of anilines is 2. The van der Waals surface area contributed by atoms with Crippen molar-refractivity contribution in [1.29, 1.82) is 0 Å². The fourth-order valence-corrected chi connectivity index (χ4v) is 2.32. The molecule has 6 heteroatoms. The molecule has 3 N–H and O–H groups in total. The Morgan fingerprint density at radius 3 is 2.90 bits per heavy atom. The Labute approximate surface area is 124 Å². The number of halogens is 1. The average Bonchev–Trinajstić information content (AvgIpc) is 3.27. The molecule has 21 heavy (non-hydrogen) atoms.